The molecule has 18 heavy (non-hydrogen) atoms. The molecule has 0 unspecified atom stereocenters. The molecule has 0 aliphatic rings. The summed E-state index contributed by atoms with van der Waals surface area (Å²) in [6.45, 7) is 1.98. The van der Waals surface area contributed by atoms with Gasteiger partial charge in [0.1, 0.15) is 11.6 Å². The minimum Gasteiger partial charge on any atom is -0.461 e. The topological polar surface area (TPSA) is 54.0 Å². The Kier molecular flexibility index (Phi) is 3.40. The number of nitrogens with zero attached hydrogens (tertiary/aromatic N) is 1. The monoisotopic (exact) mass is 237 g/mol. The van der Waals surface area contributed by atoms with Crippen molar-refractivity contribution in [2.24, 2.45) is 0 Å². The molecule has 0 aliphatic heterocycles. The number of rotatable bonds is 3. The number of nitriles is 1. The minimum atomic E-state index is -0.400. The lowest BCUT2D eigenvalue weighted by Gasteiger charge is -1.97. The SMILES string of the molecule is Cc1ccc(/C=C(\C#N)C(=O)c2ccco2)cc1. The van der Waals surface area contributed by atoms with Gasteiger partial charge in [0.05, 0.1) is 6.26 Å². The number of allylic oxidation sites excluding steroid dienone is 1. The van der Waals surface area contributed by atoms with Crippen LogP contribution < -0.4 is 0 Å². The number of furan rings is 1. The van der Waals surface area contributed by atoms with Gasteiger partial charge in [-0.3, -0.25) is 4.79 Å². The van der Waals surface area contributed by atoms with E-state index < -0.39 is 5.78 Å². The molecule has 2 rings (SSSR count). The van der Waals surface area contributed by atoms with E-state index in [1.165, 1.54) is 6.26 Å². The molecule has 0 fully saturated rings. The maximum absolute atomic E-state index is 11.9. The highest BCUT2D eigenvalue weighted by Gasteiger charge is 2.14. The highest BCUT2D eigenvalue weighted by Crippen LogP contribution is 2.13. The van der Waals surface area contributed by atoms with E-state index in [1.807, 2.05) is 37.3 Å². The Morgan fingerprint density at radius 2 is 2.00 bits per heavy atom. The third-order valence-corrected chi connectivity index (χ3v) is 2.50. The Labute approximate surface area is 105 Å². The van der Waals surface area contributed by atoms with E-state index in [-0.39, 0.29) is 11.3 Å². The van der Waals surface area contributed by atoms with E-state index >= 15 is 0 Å². The van der Waals surface area contributed by atoms with Crippen LogP contribution in [0.4, 0.5) is 0 Å². The van der Waals surface area contributed by atoms with E-state index in [0.717, 1.165) is 11.1 Å². The molecule has 0 radical (unpaired) electrons. The van der Waals surface area contributed by atoms with Gasteiger partial charge in [-0.2, -0.15) is 5.26 Å². The van der Waals surface area contributed by atoms with Crippen molar-refractivity contribution in [1.29, 1.82) is 5.26 Å². The minimum absolute atomic E-state index is 0.0637. The number of ketones is 1. The number of benzene rings is 1. The molecular formula is C15H11NO2. The fourth-order valence-corrected chi connectivity index (χ4v) is 1.52. The zero-order valence-electron chi connectivity index (χ0n) is 9.88. The van der Waals surface area contributed by atoms with Crippen LogP contribution in [0.2, 0.25) is 0 Å². The lowest BCUT2D eigenvalue weighted by molar-refractivity contribution is 0.101. The molecule has 88 valence electrons. The van der Waals surface area contributed by atoms with Gasteiger partial charge in [-0.1, -0.05) is 29.8 Å². The van der Waals surface area contributed by atoms with Crippen molar-refractivity contribution in [2.75, 3.05) is 0 Å². The average molecular weight is 237 g/mol. The summed E-state index contributed by atoms with van der Waals surface area (Å²) in [4.78, 5) is 11.9. The van der Waals surface area contributed by atoms with Crippen LogP contribution in [0, 0.1) is 18.3 Å². The Hall–Kier alpha value is -2.60. The number of carbonyl (C=O) groups is 1. The molecule has 1 aromatic carbocycles. The second-order valence-electron chi connectivity index (χ2n) is 3.89. The summed E-state index contributed by atoms with van der Waals surface area (Å²) in [5, 5.41) is 9.03. The zero-order chi connectivity index (χ0) is 13.0. The fourth-order valence-electron chi connectivity index (χ4n) is 1.52. The van der Waals surface area contributed by atoms with Gasteiger partial charge in [0, 0.05) is 0 Å². The summed E-state index contributed by atoms with van der Waals surface area (Å²) in [5.41, 5.74) is 2.01. The van der Waals surface area contributed by atoms with Crippen LogP contribution in [-0.2, 0) is 0 Å². The van der Waals surface area contributed by atoms with Crippen LogP contribution >= 0.6 is 0 Å². The van der Waals surface area contributed by atoms with E-state index in [9.17, 15) is 4.79 Å². The smallest absolute Gasteiger partial charge is 0.238 e. The van der Waals surface area contributed by atoms with Crippen molar-refractivity contribution >= 4 is 11.9 Å². The van der Waals surface area contributed by atoms with Gasteiger partial charge in [0.25, 0.3) is 0 Å². The highest BCUT2D eigenvalue weighted by molar-refractivity contribution is 6.12. The summed E-state index contributed by atoms with van der Waals surface area (Å²) in [7, 11) is 0. The van der Waals surface area contributed by atoms with E-state index in [0.29, 0.717) is 0 Å². The predicted octanol–water partition coefficient (Wildman–Crippen LogP) is 3.38. The molecule has 3 nitrogen and oxygen atoms in total. The molecule has 1 aromatic heterocycles. The van der Waals surface area contributed by atoms with Crippen molar-refractivity contribution in [2.45, 2.75) is 6.92 Å². The first kappa shape index (κ1) is 11.9. The number of hydrogen-bond acceptors (Lipinski definition) is 3. The molecule has 0 aliphatic carbocycles. The molecular weight excluding hydrogens is 226 g/mol. The first-order valence-electron chi connectivity index (χ1n) is 5.47. The Morgan fingerprint density at radius 3 is 2.56 bits per heavy atom. The summed E-state index contributed by atoms with van der Waals surface area (Å²) in [6.07, 6.45) is 2.97. The molecule has 0 saturated carbocycles. The molecule has 0 spiro atoms. The molecule has 2 aromatic rings. The van der Waals surface area contributed by atoms with Gasteiger partial charge in [-0.15, -0.1) is 0 Å². The first-order chi connectivity index (χ1) is 8.70. The van der Waals surface area contributed by atoms with Crippen LogP contribution in [0.25, 0.3) is 6.08 Å². The van der Waals surface area contributed by atoms with Crippen LogP contribution in [0.15, 0.2) is 52.7 Å². The molecule has 0 atom stereocenters. The Balaban J connectivity index is 2.32. The summed E-state index contributed by atoms with van der Waals surface area (Å²) in [5.74, 6) is -0.224. The maximum Gasteiger partial charge on any atom is 0.238 e. The van der Waals surface area contributed by atoms with Gasteiger partial charge in [-0.05, 0) is 30.7 Å². The van der Waals surface area contributed by atoms with Crippen molar-refractivity contribution in [3.8, 4) is 6.07 Å². The van der Waals surface area contributed by atoms with Gasteiger partial charge in [-0.25, -0.2) is 0 Å². The van der Waals surface area contributed by atoms with Gasteiger partial charge in [0.15, 0.2) is 5.76 Å². The lowest BCUT2D eigenvalue weighted by Crippen LogP contribution is -1.99. The average Bonchev–Trinajstić information content (AvgIpc) is 2.91. The molecule has 3 heteroatoms. The number of hydrogen-bond donors (Lipinski definition) is 0. The van der Waals surface area contributed by atoms with Gasteiger partial charge in [0.2, 0.25) is 5.78 Å². The summed E-state index contributed by atoms with van der Waals surface area (Å²) < 4.78 is 4.99. The second-order valence-corrected chi connectivity index (χ2v) is 3.89. The first-order valence-corrected chi connectivity index (χ1v) is 5.47. The quantitative estimate of drug-likeness (QED) is 0.467. The lowest BCUT2D eigenvalue weighted by atomic mass is 10.1. The zero-order valence-corrected chi connectivity index (χ0v) is 9.88. The van der Waals surface area contributed by atoms with Crippen LogP contribution in [0.5, 0.6) is 0 Å². The van der Waals surface area contributed by atoms with Crippen molar-refractivity contribution < 1.29 is 9.21 Å². The third-order valence-electron chi connectivity index (χ3n) is 2.50. The number of aryl methyl sites for hydroxylation is 1. The molecule has 1 heterocycles. The maximum atomic E-state index is 11.9. The van der Waals surface area contributed by atoms with Crippen LogP contribution in [0.1, 0.15) is 21.7 Å². The molecule has 0 N–H and O–H groups in total. The Bertz CT molecular complexity index is 614. The number of Topliss-reactive ketones (excluding diaryl/α,β-unsaturated/α-hetero) is 1. The molecule has 0 bridgehead atoms. The predicted molar refractivity (Wildman–Crippen MR) is 67.8 cm³/mol. The largest absolute Gasteiger partial charge is 0.461 e. The second kappa shape index (κ2) is 5.15. The van der Waals surface area contributed by atoms with Crippen LogP contribution in [0.3, 0.4) is 0 Å². The van der Waals surface area contributed by atoms with Crippen molar-refractivity contribution in [3.05, 3.63) is 65.1 Å². The Morgan fingerprint density at radius 1 is 1.28 bits per heavy atom. The highest BCUT2D eigenvalue weighted by atomic mass is 16.3. The summed E-state index contributed by atoms with van der Waals surface area (Å²) >= 11 is 0. The van der Waals surface area contributed by atoms with Gasteiger partial charge >= 0.3 is 0 Å². The standard InChI is InChI=1S/C15H11NO2/c1-11-4-6-12(7-5-11)9-13(10-16)15(17)14-3-2-8-18-14/h2-9H,1H3/b13-9+. The third kappa shape index (κ3) is 2.55. The van der Waals surface area contributed by atoms with Crippen molar-refractivity contribution in [1.82, 2.24) is 0 Å². The molecule has 0 saturated heterocycles. The van der Waals surface area contributed by atoms with E-state index in [1.54, 1.807) is 18.2 Å². The van der Waals surface area contributed by atoms with Crippen molar-refractivity contribution in [3.63, 3.8) is 0 Å². The van der Waals surface area contributed by atoms with Crippen LogP contribution in [-0.4, -0.2) is 5.78 Å². The molecule has 0 amide bonds. The van der Waals surface area contributed by atoms with Gasteiger partial charge < -0.3 is 4.42 Å². The van der Waals surface area contributed by atoms with E-state index in [2.05, 4.69) is 0 Å². The fraction of sp³-hybridized carbons (Fsp3) is 0.0667. The number of carbonyl (C=O) groups excluding carboxylic acids is 1. The van der Waals surface area contributed by atoms with E-state index in [4.69, 9.17) is 9.68 Å². The summed E-state index contributed by atoms with van der Waals surface area (Å²) in [6, 6.07) is 12.7. The normalized spacial score (nSPS) is 11.0.